The molecule has 2 atom stereocenters. The predicted octanol–water partition coefficient (Wildman–Crippen LogP) is 5.26. The van der Waals surface area contributed by atoms with E-state index in [1.807, 2.05) is 27.7 Å². The number of nitrogens with one attached hydrogen (secondary N) is 1. The van der Waals surface area contributed by atoms with Crippen LogP contribution in [-0.2, 0) is 10.7 Å². The molecule has 12 heteroatoms. The van der Waals surface area contributed by atoms with Gasteiger partial charge in [-0.25, -0.2) is 14.6 Å². The molecule has 0 bridgehead atoms. The Morgan fingerprint density at radius 2 is 1.80 bits per heavy atom. The highest BCUT2D eigenvalue weighted by Gasteiger charge is 2.35. The number of ether oxygens (including phenoxy) is 1. The normalized spacial score (nSPS) is 18.6. The van der Waals surface area contributed by atoms with E-state index in [0.29, 0.717) is 29.1 Å². The van der Waals surface area contributed by atoms with E-state index in [4.69, 9.17) is 9.84 Å². The maximum absolute atomic E-state index is 14.3. The first-order valence-electron chi connectivity index (χ1n) is 14.0. The Morgan fingerprint density at radius 1 is 1.12 bits per heavy atom. The average Bonchev–Trinajstić information content (AvgIpc) is 3.51. The van der Waals surface area contributed by atoms with E-state index < -0.39 is 11.7 Å². The molecule has 1 aliphatic carbocycles. The summed E-state index contributed by atoms with van der Waals surface area (Å²) < 4.78 is 35.9. The third-order valence-corrected chi connectivity index (χ3v) is 6.50. The average molecular weight is 561 g/mol. The van der Waals surface area contributed by atoms with Crippen LogP contribution in [-0.4, -0.2) is 74.9 Å². The number of hydrogen-bond acceptors (Lipinski definition) is 8. The third-order valence-electron chi connectivity index (χ3n) is 6.50. The molecule has 2 aliphatic rings. The Bertz CT molecular complexity index is 1300. The second kappa shape index (κ2) is 12.8. The van der Waals surface area contributed by atoms with Gasteiger partial charge in [0.25, 0.3) is 0 Å². The Kier molecular flexibility index (Phi) is 9.99. The minimum absolute atomic E-state index is 0.0272. The number of likely N-dealkylation sites (N-methyl/N-ethyl adjacent to an activating group) is 1. The van der Waals surface area contributed by atoms with Gasteiger partial charge in [-0.2, -0.15) is 13.8 Å². The van der Waals surface area contributed by atoms with E-state index >= 15 is 0 Å². The molecular weight excluding hydrogens is 518 g/mol. The molecule has 1 N–H and O–H groups in total. The van der Waals surface area contributed by atoms with Crippen molar-refractivity contribution in [1.82, 2.24) is 29.6 Å². The number of alkyl halides is 2. The first-order valence-corrected chi connectivity index (χ1v) is 14.0. The van der Waals surface area contributed by atoms with Crippen molar-refractivity contribution in [1.29, 1.82) is 0 Å². The minimum Gasteiger partial charge on any atom is -0.474 e. The summed E-state index contributed by atoms with van der Waals surface area (Å²) in [6.07, 6.45) is 3.34. The summed E-state index contributed by atoms with van der Waals surface area (Å²) in [5.74, 6) is -2.54. The standard InChI is InChI=1S/C24H30F2N8O2.2C2H6/c1-13-11-33(12-18(13)32(4)5)22-16-10-27-19(28-14(2)35)8-17(16)34(31-22)20-9-21(36-15-6-7-15)30-23(29-20)24(3,25)26;2*1-2/h8-10,13,15,18H,6-7,11-12H2,1-5H3,(H,27,28,35);2*1-2H3. The molecule has 3 aromatic rings. The van der Waals surface area contributed by atoms with Crippen molar-refractivity contribution in [2.75, 3.05) is 37.4 Å². The molecule has 2 fully saturated rings. The van der Waals surface area contributed by atoms with Gasteiger partial charge in [0.15, 0.2) is 11.6 Å². The second-order valence-electron chi connectivity index (χ2n) is 10.0. The molecule has 1 aliphatic heterocycles. The number of fused-ring (bicyclic) bond motifs is 1. The van der Waals surface area contributed by atoms with Gasteiger partial charge < -0.3 is 19.9 Å². The van der Waals surface area contributed by atoms with E-state index in [9.17, 15) is 13.6 Å². The molecule has 220 valence electrons. The number of carbonyl (C=O) groups is 1. The molecule has 1 amide bonds. The smallest absolute Gasteiger partial charge is 0.304 e. The van der Waals surface area contributed by atoms with Crippen molar-refractivity contribution in [3.63, 3.8) is 0 Å². The van der Waals surface area contributed by atoms with Crippen LogP contribution < -0.4 is 15.0 Å². The summed E-state index contributed by atoms with van der Waals surface area (Å²) in [6, 6.07) is 3.53. The lowest BCUT2D eigenvalue weighted by Crippen LogP contribution is -2.34. The van der Waals surface area contributed by atoms with Gasteiger partial charge in [0.2, 0.25) is 17.6 Å². The number of anilines is 2. The summed E-state index contributed by atoms with van der Waals surface area (Å²) in [6.45, 7) is 13.9. The minimum atomic E-state index is -3.27. The summed E-state index contributed by atoms with van der Waals surface area (Å²) in [5.41, 5.74) is 0.575. The maximum Gasteiger partial charge on any atom is 0.304 e. The fraction of sp³-hybridized carbons (Fsp3) is 0.607. The Hall–Kier alpha value is -3.41. The maximum atomic E-state index is 14.3. The lowest BCUT2D eigenvalue weighted by molar-refractivity contribution is -0.114. The van der Waals surface area contributed by atoms with Crippen LogP contribution in [0, 0.1) is 5.92 Å². The number of aromatic nitrogens is 5. The van der Waals surface area contributed by atoms with Gasteiger partial charge in [-0.1, -0.05) is 34.6 Å². The Balaban J connectivity index is 0.00000106. The zero-order valence-corrected chi connectivity index (χ0v) is 25.0. The molecule has 0 aromatic carbocycles. The molecule has 40 heavy (non-hydrogen) atoms. The predicted molar refractivity (Wildman–Crippen MR) is 154 cm³/mol. The van der Waals surface area contributed by atoms with Gasteiger partial charge in [0.1, 0.15) is 11.9 Å². The Morgan fingerprint density at radius 3 is 2.35 bits per heavy atom. The highest BCUT2D eigenvalue weighted by atomic mass is 19.3. The van der Waals surface area contributed by atoms with E-state index in [-0.39, 0.29) is 23.7 Å². The molecule has 0 radical (unpaired) electrons. The monoisotopic (exact) mass is 560 g/mol. The number of carbonyl (C=O) groups excluding carboxylic acids is 1. The molecular formula is C28H42F2N8O2. The third kappa shape index (κ3) is 7.01. The van der Waals surface area contributed by atoms with Crippen molar-refractivity contribution >= 4 is 28.4 Å². The lowest BCUT2D eigenvalue weighted by atomic mass is 10.1. The number of pyridine rings is 1. The van der Waals surface area contributed by atoms with Gasteiger partial charge in [-0.05, 0) is 32.9 Å². The molecule has 4 heterocycles. The highest BCUT2D eigenvalue weighted by molar-refractivity contribution is 5.95. The van der Waals surface area contributed by atoms with Crippen LogP contribution in [0.15, 0.2) is 18.3 Å². The van der Waals surface area contributed by atoms with Crippen LogP contribution in [0.1, 0.15) is 67.1 Å². The molecule has 3 aromatic heterocycles. The van der Waals surface area contributed by atoms with Crippen molar-refractivity contribution in [2.45, 2.75) is 79.4 Å². The van der Waals surface area contributed by atoms with Crippen LogP contribution in [0.5, 0.6) is 5.88 Å². The molecule has 1 saturated carbocycles. The van der Waals surface area contributed by atoms with Crippen molar-refractivity contribution in [3.8, 4) is 11.7 Å². The van der Waals surface area contributed by atoms with Crippen molar-refractivity contribution in [3.05, 3.63) is 24.2 Å². The molecule has 0 spiro atoms. The summed E-state index contributed by atoms with van der Waals surface area (Å²) in [5, 5.41) is 8.23. The fourth-order valence-electron chi connectivity index (χ4n) is 4.58. The van der Waals surface area contributed by atoms with Gasteiger partial charge in [-0.3, -0.25) is 4.79 Å². The van der Waals surface area contributed by atoms with Crippen LogP contribution >= 0.6 is 0 Å². The van der Waals surface area contributed by atoms with Crippen LogP contribution in [0.3, 0.4) is 0 Å². The Labute approximate surface area is 235 Å². The SMILES string of the molecule is CC.CC.CC(=O)Nc1cc2c(cn1)c(N1CC(C)C(N(C)C)C1)nn2-c1cc(OC2CC2)nc(C(C)(F)F)n1. The van der Waals surface area contributed by atoms with Gasteiger partial charge in [0, 0.05) is 51.3 Å². The van der Waals surface area contributed by atoms with Gasteiger partial charge >= 0.3 is 5.92 Å². The zero-order valence-electron chi connectivity index (χ0n) is 25.0. The number of nitrogens with zero attached hydrogens (tertiary/aromatic N) is 7. The molecule has 2 unspecified atom stereocenters. The highest BCUT2D eigenvalue weighted by Crippen LogP contribution is 2.35. The number of halogens is 2. The topological polar surface area (TPSA) is 101 Å². The van der Waals surface area contributed by atoms with Gasteiger partial charge in [-0.15, -0.1) is 5.10 Å². The van der Waals surface area contributed by atoms with E-state index in [1.54, 1.807) is 12.3 Å². The van der Waals surface area contributed by atoms with E-state index in [0.717, 1.165) is 38.2 Å². The summed E-state index contributed by atoms with van der Waals surface area (Å²) >= 11 is 0. The van der Waals surface area contributed by atoms with Crippen LogP contribution in [0.2, 0.25) is 0 Å². The molecule has 5 rings (SSSR count). The second-order valence-corrected chi connectivity index (χ2v) is 10.0. The number of amides is 1. The number of rotatable bonds is 7. The lowest BCUT2D eigenvalue weighted by Gasteiger charge is -2.22. The summed E-state index contributed by atoms with van der Waals surface area (Å²) in [7, 11) is 4.11. The molecule has 10 nitrogen and oxygen atoms in total. The van der Waals surface area contributed by atoms with Crippen molar-refractivity contribution in [2.24, 2.45) is 5.92 Å². The van der Waals surface area contributed by atoms with Gasteiger partial charge in [0.05, 0.1) is 10.9 Å². The van der Waals surface area contributed by atoms with E-state index in [2.05, 4.69) is 51.1 Å². The van der Waals surface area contributed by atoms with E-state index in [1.165, 1.54) is 17.7 Å². The number of hydrogen-bond donors (Lipinski definition) is 1. The first kappa shape index (κ1) is 31.1. The fourth-order valence-corrected chi connectivity index (χ4v) is 4.58. The quantitative estimate of drug-likeness (QED) is 0.418. The van der Waals surface area contributed by atoms with Crippen LogP contribution in [0.4, 0.5) is 20.4 Å². The van der Waals surface area contributed by atoms with Crippen molar-refractivity contribution < 1.29 is 18.3 Å². The molecule has 1 saturated heterocycles. The largest absolute Gasteiger partial charge is 0.474 e. The first-order chi connectivity index (χ1) is 19.0. The summed E-state index contributed by atoms with van der Waals surface area (Å²) in [4.78, 5) is 28.5. The van der Waals surface area contributed by atoms with Crippen LogP contribution in [0.25, 0.3) is 16.7 Å². The zero-order chi connectivity index (χ0) is 29.8.